The zero-order valence-corrected chi connectivity index (χ0v) is 11.7. The standard InChI is InChI=1S/C14H26N2S/c15-10-14(5-2-6-17-11-14)16-8-12-3-1-4-13(7-12)9-16/h12-13H,1-11,15H2. The first kappa shape index (κ1) is 12.3. The lowest BCUT2D eigenvalue weighted by Crippen LogP contribution is -2.61. The van der Waals surface area contributed by atoms with E-state index in [-0.39, 0.29) is 0 Å². The fourth-order valence-corrected chi connectivity index (χ4v) is 5.51. The third-order valence-electron chi connectivity index (χ3n) is 5.20. The number of hydrogen-bond donors (Lipinski definition) is 1. The van der Waals surface area contributed by atoms with E-state index in [0.717, 1.165) is 18.4 Å². The minimum absolute atomic E-state index is 0.358. The molecule has 98 valence electrons. The van der Waals surface area contributed by atoms with Crippen LogP contribution in [-0.2, 0) is 0 Å². The molecule has 3 fully saturated rings. The molecule has 2 bridgehead atoms. The van der Waals surface area contributed by atoms with Crippen LogP contribution in [-0.4, -0.2) is 41.6 Å². The summed E-state index contributed by atoms with van der Waals surface area (Å²) in [6.45, 7) is 3.56. The first-order valence-corrected chi connectivity index (χ1v) is 8.51. The van der Waals surface area contributed by atoms with Crippen molar-refractivity contribution in [1.29, 1.82) is 0 Å². The summed E-state index contributed by atoms with van der Waals surface area (Å²) in [7, 11) is 0. The SMILES string of the molecule is NCC1(N2CC3CCCC(C3)C2)CCCSC1. The van der Waals surface area contributed by atoms with Gasteiger partial charge in [0.1, 0.15) is 0 Å². The maximum absolute atomic E-state index is 6.16. The smallest absolute Gasteiger partial charge is 0.0422 e. The van der Waals surface area contributed by atoms with Gasteiger partial charge >= 0.3 is 0 Å². The number of thioether (sulfide) groups is 1. The maximum atomic E-state index is 6.16. The zero-order valence-electron chi connectivity index (χ0n) is 10.9. The predicted octanol–water partition coefficient (Wildman–Crippen LogP) is 2.33. The average Bonchev–Trinajstić information content (AvgIpc) is 2.39. The van der Waals surface area contributed by atoms with Gasteiger partial charge in [0.05, 0.1) is 0 Å². The summed E-state index contributed by atoms with van der Waals surface area (Å²) < 4.78 is 0. The van der Waals surface area contributed by atoms with Gasteiger partial charge in [-0.25, -0.2) is 0 Å². The van der Waals surface area contributed by atoms with Crippen LogP contribution in [0.25, 0.3) is 0 Å². The third-order valence-corrected chi connectivity index (χ3v) is 6.52. The van der Waals surface area contributed by atoms with Crippen LogP contribution < -0.4 is 5.73 Å². The Balaban J connectivity index is 1.73. The molecular weight excluding hydrogens is 228 g/mol. The van der Waals surface area contributed by atoms with Crippen molar-refractivity contribution >= 4 is 11.8 Å². The van der Waals surface area contributed by atoms with Gasteiger partial charge in [-0.2, -0.15) is 11.8 Å². The Bertz CT molecular complexity index is 251. The largest absolute Gasteiger partial charge is 0.329 e. The minimum Gasteiger partial charge on any atom is -0.329 e. The van der Waals surface area contributed by atoms with Crippen LogP contribution >= 0.6 is 11.8 Å². The van der Waals surface area contributed by atoms with Gasteiger partial charge in [-0.15, -0.1) is 0 Å². The van der Waals surface area contributed by atoms with Crippen LogP contribution in [0.1, 0.15) is 38.5 Å². The molecule has 2 nitrogen and oxygen atoms in total. The first-order chi connectivity index (χ1) is 8.32. The van der Waals surface area contributed by atoms with Gasteiger partial charge in [0, 0.05) is 30.9 Å². The van der Waals surface area contributed by atoms with Crippen molar-refractivity contribution in [1.82, 2.24) is 4.90 Å². The van der Waals surface area contributed by atoms with Crippen LogP contribution in [0.2, 0.25) is 0 Å². The van der Waals surface area contributed by atoms with Crippen molar-refractivity contribution in [2.75, 3.05) is 31.1 Å². The number of likely N-dealkylation sites (tertiary alicyclic amines) is 1. The maximum Gasteiger partial charge on any atom is 0.0422 e. The molecule has 0 aromatic carbocycles. The molecule has 1 aliphatic carbocycles. The lowest BCUT2D eigenvalue weighted by Gasteiger charge is -2.52. The number of nitrogens with two attached hydrogens (primary N) is 1. The monoisotopic (exact) mass is 254 g/mol. The molecule has 3 unspecified atom stereocenters. The van der Waals surface area contributed by atoms with Crippen molar-refractivity contribution in [2.45, 2.75) is 44.1 Å². The fourth-order valence-electron chi connectivity index (χ4n) is 4.20. The molecule has 0 amide bonds. The van der Waals surface area contributed by atoms with Crippen LogP contribution in [0, 0.1) is 11.8 Å². The van der Waals surface area contributed by atoms with Crippen LogP contribution in [0.4, 0.5) is 0 Å². The lowest BCUT2D eigenvalue weighted by atomic mass is 9.76. The molecule has 3 heteroatoms. The van der Waals surface area contributed by atoms with Crippen molar-refractivity contribution in [3.05, 3.63) is 0 Å². The molecule has 2 N–H and O–H groups in total. The highest BCUT2D eigenvalue weighted by atomic mass is 32.2. The Kier molecular flexibility index (Phi) is 3.69. The molecule has 2 heterocycles. The Morgan fingerprint density at radius 3 is 2.53 bits per heavy atom. The van der Waals surface area contributed by atoms with E-state index in [4.69, 9.17) is 5.73 Å². The van der Waals surface area contributed by atoms with Crippen molar-refractivity contribution in [3.63, 3.8) is 0 Å². The summed E-state index contributed by atoms with van der Waals surface area (Å²) in [6, 6.07) is 0. The van der Waals surface area contributed by atoms with Gasteiger partial charge in [0.2, 0.25) is 0 Å². The van der Waals surface area contributed by atoms with E-state index >= 15 is 0 Å². The quantitative estimate of drug-likeness (QED) is 0.820. The molecule has 2 aliphatic heterocycles. The van der Waals surface area contributed by atoms with E-state index < -0.39 is 0 Å². The summed E-state index contributed by atoms with van der Waals surface area (Å²) in [5.74, 6) is 4.60. The topological polar surface area (TPSA) is 29.3 Å². The molecule has 0 aromatic rings. The molecule has 2 saturated heterocycles. The predicted molar refractivity (Wildman–Crippen MR) is 75.4 cm³/mol. The van der Waals surface area contributed by atoms with Crippen LogP contribution in [0.5, 0.6) is 0 Å². The third kappa shape index (κ3) is 2.39. The molecule has 17 heavy (non-hydrogen) atoms. The molecular formula is C14H26N2S. The van der Waals surface area contributed by atoms with Gasteiger partial charge in [-0.05, 0) is 49.7 Å². The van der Waals surface area contributed by atoms with Crippen molar-refractivity contribution < 1.29 is 0 Å². The lowest BCUT2D eigenvalue weighted by molar-refractivity contribution is 0.00700. The molecule has 3 aliphatic rings. The molecule has 0 aromatic heterocycles. The first-order valence-electron chi connectivity index (χ1n) is 7.35. The number of nitrogens with zero attached hydrogens (tertiary/aromatic N) is 1. The second-order valence-corrected chi connectivity index (χ2v) is 7.49. The van der Waals surface area contributed by atoms with E-state index in [1.165, 1.54) is 63.1 Å². The molecule has 0 radical (unpaired) electrons. The second kappa shape index (κ2) is 5.10. The molecule has 1 saturated carbocycles. The molecule has 0 spiro atoms. The Morgan fingerprint density at radius 1 is 1.18 bits per heavy atom. The summed E-state index contributed by atoms with van der Waals surface area (Å²) in [6.07, 6.45) is 8.64. The van der Waals surface area contributed by atoms with Crippen molar-refractivity contribution in [2.24, 2.45) is 17.6 Å². The van der Waals surface area contributed by atoms with E-state index in [2.05, 4.69) is 16.7 Å². The van der Waals surface area contributed by atoms with E-state index in [1.54, 1.807) is 0 Å². The Morgan fingerprint density at radius 2 is 1.94 bits per heavy atom. The highest BCUT2D eigenvalue weighted by molar-refractivity contribution is 7.99. The normalized spacial score (nSPS) is 43.6. The van der Waals surface area contributed by atoms with Gasteiger partial charge in [0.25, 0.3) is 0 Å². The molecule has 3 atom stereocenters. The summed E-state index contributed by atoms with van der Waals surface area (Å²) >= 11 is 2.13. The van der Waals surface area contributed by atoms with E-state index in [1.807, 2.05) is 0 Å². The fraction of sp³-hybridized carbons (Fsp3) is 1.00. The summed E-state index contributed by atoms with van der Waals surface area (Å²) in [5.41, 5.74) is 6.52. The second-order valence-electron chi connectivity index (χ2n) is 6.39. The summed E-state index contributed by atoms with van der Waals surface area (Å²) in [5, 5.41) is 0. The van der Waals surface area contributed by atoms with Gasteiger partial charge < -0.3 is 5.73 Å². The van der Waals surface area contributed by atoms with Crippen LogP contribution in [0.3, 0.4) is 0 Å². The number of rotatable bonds is 2. The number of fused-ring (bicyclic) bond motifs is 2. The highest BCUT2D eigenvalue weighted by Crippen LogP contribution is 2.40. The number of hydrogen-bond acceptors (Lipinski definition) is 3. The highest BCUT2D eigenvalue weighted by Gasteiger charge is 2.42. The Hall–Kier alpha value is 0.270. The van der Waals surface area contributed by atoms with Gasteiger partial charge in [-0.3, -0.25) is 4.90 Å². The Labute approximate surface area is 110 Å². The van der Waals surface area contributed by atoms with E-state index in [9.17, 15) is 0 Å². The van der Waals surface area contributed by atoms with E-state index in [0.29, 0.717) is 5.54 Å². The van der Waals surface area contributed by atoms with Crippen LogP contribution in [0.15, 0.2) is 0 Å². The average molecular weight is 254 g/mol. The summed E-state index contributed by atoms with van der Waals surface area (Å²) in [4.78, 5) is 2.80. The van der Waals surface area contributed by atoms with Gasteiger partial charge in [0.15, 0.2) is 0 Å². The number of piperidine rings is 1. The van der Waals surface area contributed by atoms with Gasteiger partial charge in [-0.1, -0.05) is 6.42 Å². The molecule has 3 rings (SSSR count). The zero-order chi connectivity index (χ0) is 11.7. The minimum atomic E-state index is 0.358. The van der Waals surface area contributed by atoms with Crippen molar-refractivity contribution in [3.8, 4) is 0 Å².